The second-order valence-electron chi connectivity index (χ2n) is 5.91. The molecule has 1 unspecified atom stereocenters. The van der Waals surface area contributed by atoms with Gasteiger partial charge in [0.2, 0.25) is 0 Å². The number of benzene rings is 1. The highest BCUT2D eigenvalue weighted by atomic mass is 16.6. The van der Waals surface area contributed by atoms with Crippen molar-refractivity contribution in [1.29, 1.82) is 0 Å². The highest BCUT2D eigenvalue weighted by Crippen LogP contribution is 2.30. The molecule has 1 aliphatic heterocycles. The summed E-state index contributed by atoms with van der Waals surface area (Å²) in [7, 11) is 0. The first kappa shape index (κ1) is 15.8. The van der Waals surface area contributed by atoms with Crippen molar-refractivity contribution in [3.8, 4) is 0 Å². The minimum atomic E-state index is -0.267. The lowest BCUT2D eigenvalue weighted by atomic mass is 9.98. The average Bonchev–Trinajstić information content (AvgIpc) is 2.47. The predicted octanol–water partition coefficient (Wildman–Crippen LogP) is 3.12. The van der Waals surface area contributed by atoms with Gasteiger partial charge >= 0.3 is 0 Å². The van der Waals surface area contributed by atoms with Crippen LogP contribution in [0.3, 0.4) is 0 Å². The van der Waals surface area contributed by atoms with E-state index >= 15 is 0 Å². The fourth-order valence-electron chi connectivity index (χ4n) is 3.01. The minimum Gasteiger partial charge on any atom is -0.366 e. The van der Waals surface area contributed by atoms with E-state index in [0.717, 1.165) is 43.9 Å². The van der Waals surface area contributed by atoms with Crippen molar-refractivity contribution in [2.45, 2.75) is 33.1 Å². The standard InChI is InChI=1S/C16H25N3O2/c1-3-9-18(12-14-5-4-8-17-11-14)16-10-13(2)6-7-15(16)19(20)21/h6-7,10,14,17H,3-5,8-9,11-12H2,1-2H3. The summed E-state index contributed by atoms with van der Waals surface area (Å²) in [5.74, 6) is 0.574. The van der Waals surface area contributed by atoms with Gasteiger partial charge in [0.05, 0.1) is 4.92 Å². The van der Waals surface area contributed by atoms with Crippen molar-refractivity contribution in [3.63, 3.8) is 0 Å². The monoisotopic (exact) mass is 291 g/mol. The maximum absolute atomic E-state index is 11.3. The molecule has 1 atom stereocenters. The highest BCUT2D eigenvalue weighted by molar-refractivity contribution is 5.64. The van der Waals surface area contributed by atoms with E-state index in [0.29, 0.717) is 5.92 Å². The fourth-order valence-corrected chi connectivity index (χ4v) is 3.01. The number of hydrogen-bond donors (Lipinski definition) is 1. The van der Waals surface area contributed by atoms with Crippen LogP contribution in [0.25, 0.3) is 0 Å². The Kier molecular flexibility index (Phi) is 5.56. The first-order valence-corrected chi connectivity index (χ1v) is 7.82. The lowest BCUT2D eigenvalue weighted by Crippen LogP contribution is -2.39. The van der Waals surface area contributed by atoms with E-state index in [-0.39, 0.29) is 10.6 Å². The predicted molar refractivity (Wildman–Crippen MR) is 85.9 cm³/mol. The van der Waals surface area contributed by atoms with Crippen LogP contribution in [0.15, 0.2) is 18.2 Å². The molecule has 0 amide bonds. The third-order valence-electron chi connectivity index (χ3n) is 4.04. The number of anilines is 1. The van der Waals surface area contributed by atoms with Gasteiger partial charge in [0, 0.05) is 19.2 Å². The molecule has 0 aliphatic carbocycles. The molecule has 0 spiro atoms. The van der Waals surface area contributed by atoms with Crippen molar-refractivity contribution < 1.29 is 4.92 Å². The van der Waals surface area contributed by atoms with Crippen LogP contribution in [0.2, 0.25) is 0 Å². The molecule has 1 N–H and O–H groups in total. The van der Waals surface area contributed by atoms with Gasteiger partial charge in [-0.3, -0.25) is 10.1 Å². The van der Waals surface area contributed by atoms with Crippen LogP contribution in [0.5, 0.6) is 0 Å². The Balaban J connectivity index is 2.23. The van der Waals surface area contributed by atoms with Crippen molar-refractivity contribution >= 4 is 11.4 Å². The average molecular weight is 291 g/mol. The number of nitrogens with zero attached hydrogens (tertiary/aromatic N) is 2. The molecule has 0 aromatic heterocycles. The summed E-state index contributed by atoms with van der Waals surface area (Å²) in [6.45, 7) is 7.97. The Hall–Kier alpha value is -1.62. The summed E-state index contributed by atoms with van der Waals surface area (Å²) >= 11 is 0. The third-order valence-corrected chi connectivity index (χ3v) is 4.04. The molecular weight excluding hydrogens is 266 g/mol. The van der Waals surface area contributed by atoms with Gasteiger partial charge in [-0.1, -0.05) is 13.0 Å². The Morgan fingerprint density at radius 2 is 2.29 bits per heavy atom. The van der Waals surface area contributed by atoms with Crippen LogP contribution in [0.4, 0.5) is 11.4 Å². The number of rotatable bonds is 6. The van der Waals surface area contributed by atoms with E-state index in [2.05, 4.69) is 17.1 Å². The lowest BCUT2D eigenvalue weighted by molar-refractivity contribution is -0.384. The van der Waals surface area contributed by atoms with Crippen molar-refractivity contribution in [3.05, 3.63) is 33.9 Å². The van der Waals surface area contributed by atoms with E-state index in [1.165, 1.54) is 12.8 Å². The smallest absolute Gasteiger partial charge is 0.292 e. The number of hydrogen-bond acceptors (Lipinski definition) is 4. The second-order valence-corrected chi connectivity index (χ2v) is 5.91. The second kappa shape index (κ2) is 7.41. The van der Waals surface area contributed by atoms with E-state index in [1.54, 1.807) is 6.07 Å². The minimum absolute atomic E-state index is 0.220. The molecule has 21 heavy (non-hydrogen) atoms. The van der Waals surface area contributed by atoms with Crippen LogP contribution < -0.4 is 10.2 Å². The first-order valence-electron chi connectivity index (χ1n) is 7.82. The molecule has 1 fully saturated rings. The zero-order valence-electron chi connectivity index (χ0n) is 13.0. The quantitative estimate of drug-likeness (QED) is 0.646. The van der Waals surface area contributed by atoms with Gasteiger partial charge in [0.15, 0.2) is 0 Å². The molecule has 2 rings (SSSR count). The molecular formula is C16H25N3O2. The molecule has 116 valence electrons. The normalized spacial score (nSPS) is 18.5. The number of piperidine rings is 1. The van der Waals surface area contributed by atoms with E-state index in [1.807, 2.05) is 19.1 Å². The van der Waals surface area contributed by atoms with Crippen LogP contribution in [0.1, 0.15) is 31.7 Å². The summed E-state index contributed by atoms with van der Waals surface area (Å²) in [6, 6.07) is 5.39. The van der Waals surface area contributed by atoms with Gasteiger partial charge < -0.3 is 10.2 Å². The SMILES string of the molecule is CCCN(CC1CCCNC1)c1cc(C)ccc1[N+](=O)[O-]. The molecule has 5 nitrogen and oxygen atoms in total. The number of nitro groups is 1. The first-order chi connectivity index (χ1) is 10.1. The van der Waals surface area contributed by atoms with E-state index in [4.69, 9.17) is 0 Å². The molecule has 1 heterocycles. The molecule has 5 heteroatoms. The largest absolute Gasteiger partial charge is 0.366 e. The molecule has 0 saturated carbocycles. The van der Waals surface area contributed by atoms with Crippen LogP contribution in [-0.4, -0.2) is 31.1 Å². The summed E-state index contributed by atoms with van der Waals surface area (Å²) in [4.78, 5) is 13.2. The van der Waals surface area contributed by atoms with Crippen molar-refractivity contribution in [1.82, 2.24) is 5.32 Å². The van der Waals surface area contributed by atoms with Gasteiger partial charge in [-0.15, -0.1) is 0 Å². The molecule has 1 aromatic rings. The molecule has 0 radical (unpaired) electrons. The molecule has 1 saturated heterocycles. The summed E-state index contributed by atoms with van der Waals surface area (Å²) in [5.41, 5.74) is 2.06. The Morgan fingerprint density at radius 3 is 2.90 bits per heavy atom. The lowest BCUT2D eigenvalue weighted by Gasteiger charge is -2.31. The Morgan fingerprint density at radius 1 is 1.48 bits per heavy atom. The van der Waals surface area contributed by atoms with Gasteiger partial charge in [-0.25, -0.2) is 0 Å². The van der Waals surface area contributed by atoms with Crippen molar-refractivity contribution in [2.24, 2.45) is 5.92 Å². The highest BCUT2D eigenvalue weighted by Gasteiger charge is 2.22. The van der Waals surface area contributed by atoms with Gasteiger partial charge in [0.25, 0.3) is 5.69 Å². The van der Waals surface area contributed by atoms with Gasteiger partial charge in [0.1, 0.15) is 5.69 Å². The van der Waals surface area contributed by atoms with Crippen LogP contribution >= 0.6 is 0 Å². The van der Waals surface area contributed by atoms with E-state index < -0.39 is 0 Å². The zero-order chi connectivity index (χ0) is 15.2. The summed E-state index contributed by atoms with van der Waals surface area (Å²) in [6.07, 6.45) is 3.39. The van der Waals surface area contributed by atoms with E-state index in [9.17, 15) is 10.1 Å². The summed E-state index contributed by atoms with van der Waals surface area (Å²) < 4.78 is 0. The summed E-state index contributed by atoms with van der Waals surface area (Å²) in [5, 5.41) is 14.7. The zero-order valence-corrected chi connectivity index (χ0v) is 13.0. The number of nitrogens with one attached hydrogen (secondary N) is 1. The topological polar surface area (TPSA) is 58.4 Å². The Bertz CT molecular complexity index is 484. The van der Waals surface area contributed by atoms with Crippen molar-refractivity contribution in [2.75, 3.05) is 31.1 Å². The van der Waals surface area contributed by atoms with Gasteiger partial charge in [-0.05, 0) is 56.8 Å². The maximum Gasteiger partial charge on any atom is 0.292 e. The van der Waals surface area contributed by atoms with Crippen LogP contribution in [0, 0.1) is 23.0 Å². The third kappa shape index (κ3) is 4.17. The van der Waals surface area contributed by atoms with Gasteiger partial charge in [-0.2, -0.15) is 0 Å². The molecule has 1 aromatic carbocycles. The van der Waals surface area contributed by atoms with Crippen LogP contribution in [-0.2, 0) is 0 Å². The fraction of sp³-hybridized carbons (Fsp3) is 0.625. The Labute approximate surface area is 126 Å². The number of nitro benzene ring substituents is 1. The number of aryl methyl sites for hydroxylation is 1. The molecule has 0 bridgehead atoms. The maximum atomic E-state index is 11.3. The molecule has 1 aliphatic rings.